The lowest BCUT2D eigenvalue weighted by Crippen LogP contribution is -2.33. The normalized spacial score (nSPS) is 12.7. The number of anilines is 2. The summed E-state index contributed by atoms with van der Waals surface area (Å²) in [7, 11) is 1.55. The highest BCUT2D eigenvalue weighted by atomic mass is 32.1. The SMILES string of the molecule is CNC(=O)CCc1ccc(N2CCc3cccc(C(=O)Nc4nc5ccccc5s4)c3C2)nc1C(=O)O. The molecule has 37 heavy (non-hydrogen) atoms. The van der Waals surface area contributed by atoms with Gasteiger partial charge in [0.15, 0.2) is 10.8 Å². The van der Waals surface area contributed by atoms with Gasteiger partial charge in [0, 0.05) is 32.1 Å². The van der Waals surface area contributed by atoms with Gasteiger partial charge in [0.1, 0.15) is 5.82 Å². The summed E-state index contributed by atoms with van der Waals surface area (Å²) in [5.41, 5.74) is 3.80. The second-order valence-corrected chi connectivity index (χ2v) is 9.74. The molecule has 0 aliphatic carbocycles. The minimum Gasteiger partial charge on any atom is -0.477 e. The van der Waals surface area contributed by atoms with Crippen molar-refractivity contribution in [2.24, 2.45) is 0 Å². The fourth-order valence-electron chi connectivity index (χ4n) is 4.49. The van der Waals surface area contributed by atoms with Crippen LogP contribution in [-0.2, 0) is 24.2 Å². The van der Waals surface area contributed by atoms with Crippen molar-refractivity contribution in [1.82, 2.24) is 15.3 Å². The molecule has 0 fully saturated rings. The lowest BCUT2D eigenvalue weighted by Gasteiger charge is -2.31. The molecule has 0 spiro atoms. The third-order valence-corrected chi connectivity index (χ3v) is 7.37. The maximum absolute atomic E-state index is 13.3. The number of amides is 2. The molecule has 0 radical (unpaired) electrons. The van der Waals surface area contributed by atoms with E-state index in [1.54, 1.807) is 25.2 Å². The Morgan fingerprint density at radius 2 is 1.89 bits per heavy atom. The summed E-state index contributed by atoms with van der Waals surface area (Å²) < 4.78 is 0.998. The number of hydrogen-bond acceptors (Lipinski definition) is 7. The van der Waals surface area contributed by atoms with Crippen molar-refractivity contribution in [3.63, 3.8) is 0 Å². The summed E-state index contributed by atoms with van der Waals surface area (Å²) in [5, 5.41) is 15.8. The topological polar surface area (TPSA) is 125 Å². The number of para-hydroxylation sites is 1. The van der Waals surface area contributed by atoms with Gasteiger partial charge >= 0.3 is 5.97 Å². The molecule has 0 bridgehead atoms. The Bertz CT molecular complexity index is 1480. The van der Waals surface area contributed by atoms with Crippen LogP contribution in [0.2, 0.25) is 0 Å². The number of pyridine rings is 1. The number of nitrogens with one attached hydrogen (secondary N) is 2. The van der Waals surface area contributed by atoms with Gasteiger partial charge in [0.05, 0.1) is 10.2 Å². The average molecular weight is 516 g/mol. The molecule has 10 heteroatoms. The molecule has 2 amide bonds. The molecule has 0 saturated carbocycles. The highest BCUT2D eigenvalue weighted by Crippen LogP contribution is 2.29. The summed E-state index contributed by atoms with van der Waals surface area (Å²) in [6.45, 7) is 1.06. The number of carboxylic acids is 1. The summed E-state index contributed by atoms with van der Waals surface area (Å²) in [4.78, 5) is 47.7. The Labute approximate surface area is 217 Å². The van der Waals surface area contributed by atoms with Crippen LogP contribution >= 0.6 is 11.3 Å². The van der Waals surface area contributed by atoms with Crippen LogP contribution in [0.25, 0.3) is 10.2 Å². The van der Waals surface area contributed by atoms with E-state index in [1.807, 2.05) is 41.3 Å². The zero-order chi connectivity index (χ0) is 25.9. The van der Waals surface area contributed by atoms with Gasteiger partial charge in [-0.3, -0.25) is 14.9 Å². The number of nitrogens with zero attached hydrogens (tertiary/aromatic N) is 3. The van der Waals surface area contributed by atoms with Crippen molar-refractivity contribution in [3.05, 3.63) is 82.5 Å². The van der Waals surface area contributed by atoms with Crippen LogP contribution in [0.4, 0.5) is 10.9 Å². The molecule has 1 aliphatic rings. The number of fused-ring (bicyclic) bond motifs is 2. The number of aromatic carboxylic acids is 1. The fraction of sp³-hybridized carbons (Fsp3) is 0.222. The Morgan fingerprint density at radius 3 is 2.68 bits per heavy atom. The average Bonchev–Trinajstić information content (AvgIpc) is 3.33. The second kappa shape index (κ2) is 10.4. The van der Waals surface area contributed by atoms with Crippen LogP contribution in [0.1, 0.15) is 44.0 Å². The molecule has 3 heterocycles. The van der Waals surface area contributed by atoms with Gasteiger partial charge in [-0.05, 0) is 53.8 Å². The number of rotatable bonds is 7. The van der Waals surface area contributed by atoms with Gasteiger partial charge < -0.3 is 15.3 Å². The lowest BCUT2D eigenvalue weighted by molar-refractivity contribution is -0.120. The number of carbonyl (C=O) groups is 3. The summed E-state index contributed by atoms with van der Waals surface area (Å²) >= 11 is 1.42. The monoisotopic (exact) mass is 515 g/mol. The van der Waals surface area contributed by atoms with Crippen molar-refractivity contribution in [2.45, 2.75) is 25.8 Å². The van der Waals surface area contributed by atoms with Crippen LogP contribution < -0.4 is 15.5 Å². The van der Waals surface area contributed by atoms with E-state index < -0.39 is 5.97 Å². The molecule has 5 rings (SSSR count). The van der Waals surface area contributed by atoms with Crippen LogP contribution in [0.3, 0.4) is 0 Å². The van der Waals surface area contributed by atoms with Crippen LogP contribution in [0.15, 0.2) is 54.6 Å². The van der Waals surface area contributed by atoms with E-state index in [-0.39, 0.29) is 30.3 Å². The second-order valence-electron chi connectivity index (χ2n) is 8.71. The number of aromatic nitrogens is 2. The molecule has 0 saturated heterocycles. The Balaban J connectivity index is 1.38. The van der Waals surface area contributed by atoms with Crippen molar-refractivity contribution < 1.29 is 19.5 Å². The molecule has 2 aromatic heterocycles. The van der Waals surface area contributed by atoms with E-state index in [9.17, 15) is 19.5 Å². The molecule has 4 aromatic rings. The van der Waals surface area contributed by atoms with Crippen LogP contribution in [-0.4, -0.2) is 46.5 Å². The van der Waals surface area contributed by atoms with Crippen molar-refractivity contribution in [3.8, 4) is 0 Å². The van der Waals surface area contributed by atoms with Gasteiger partial charge in [-0.25, -0.2) is 14.8 Å². The third-order valence-electron chi connectivity index (χ3n) is 6.42. The molecular formula is C27H25N5O4S. The fourth-order valence-corrected chi connectivity index (χ4v) is 5.35. The third kappa shape index (κ3) is 5.14. The number of benzene rings is 2. The van der Waals surface area contributed by atoms with E-state index >= 15 is 0 Å². The van der Waals surface area contributed by atoms with E-state index in [1.165, 1.54) is 11.3 Å². The first-order valence-corrected chi connectivity index (χ1v) is 12.7. The number of hydrogen-bond donors (Lipinski definition) is 3. The Morgan fingerprint density at radius 1 is 1.05 bits per heavy atom. The van der Waals surface area contributed by atoms with Crippen molar-refractivity contribution >= 4 is 50.3 Å². The zero-order valence-electron chi connectivity index (χ0n) is 20.2. The Kier molecular flexibility index (Phi) is 6.82. The largest absolute Gasteiger partial charge is 0.477 e. The first kappa shape index (κ1) is 24.4. The maximum atomic E-state index is 13.3. The van der Waals surface area contributed by atoms with Crippen LogP contribution in [0, 0.1) is 0 Å². The molecule has 188 valence electrons. The first-order valence-electron chi connectivity index (χ1n) is 11.9. The molecule has 3 N–H and O–H groups in total. The predicted molar refractivity (Wildman–Crippen MR) is 142 cm³/mol. The van der Waals surface area contributed by atoms with Gasteiger partial charge in [-0.1, -0.05) is 41.7 Å². The van der Waals surface area contributed by atoms with Gasteiger partial charge in [0.25, 0.3) is 5.91 Å². The zero-order valence-corrected chi connectivity index (χ0v) is 21.0. The first-order chi connectivity index (χ1) is 17.9. The molecule has 9 nitrogen and oxygen atoms in total. The van der Waals surface area contributed by atoms with E-state index in [2.05, 4.69) is 20.6 Å². The van der Waals surface area contributed by atoms with E-state index in [0.29, 0.717) is 41.6 Å². The molecular weight excluding hydrogens is 490 g/mol. The van der Waals surface area contributed by atoms with Gasteiger partial charge in [-0.15, -0.1) is 0 Å². The molecule has 2 aromatic carbocycles. The predicted octanol–water partition coefficient (Wildman–Crippen LogP) is 3.88. The number of carboxylic acid groups (broad SMARTS) is 1. The number of carbonyl (C=O) groups excluding carboxylic acids is 2. The summed E-state index contributed by atoms with van der Waals surface area (Å²) in [5.74, 6) is -1.01. The lowest BCUT2D eigenvalue weighted by atomic mass is 9.94. The smallest absolute Gasteiger partial charge is 0.354 e. The maximum Gasteiger partial charge on any atom is 0.354 e. The summed E-state index contributed by atoms with van der Waals surface area (Å²) in [6.07, 6.45) is 1.16. The van der Waals surface area contributed by atoms with Gasteiger partial charge in [0.2, 0.25) is 5.91 Å². The minimum absolute atomic E-state index is 0.0611. The van der Waals surface area contributed by atoms with Gasteiger partial charge in [-0.2, -0.15) is 0 Å². The summed E-state index contributed by atoms with van der Waals surface area (Å²) in [6, 6.07) is 16.9. The van der Waals surface area contributed by atoms with Crippen molar-refractivity contribution in [1.29, 1.82) is 0 Å². The molecule has 0 atom stereocenters. The van der Waals surface area contributed by atoms with E-state index in [4.69, 9.17) is 0 Å². The highest BCUT2D eigenvalue weighted by molar-refractivity contribution is 7.22. The highest BCUT2D eigenvalue weighted by Gasteiger charge is 2.25. The number of aryl methyl sites for hydroxylation is 1. The van der Waals surface area contributed by atoms with Crippen molar-refractivity contribution in [2.75, 3.05) is 23.8 Å². The van der Waals surface area contributed by atoms with Crippen LogP contribution in [0.5, 0.6) is 0 Å². The minimum atomic E-state index is -1.14. The Hall–Kier alpha value is -4.31. The molecule has 0 unspecified atom stereocenters. The molecule has 1 aliphatic heterocycles. The number of thiazole rings is 1. The standard InChI is InChI=1S/C27H25N5O4S/c1-28-23(33)12-10-17-9-11-22(30-24(17)26(35)36)32-14-13-16-5-4-6-18(19(16)15-32)25(34)31-27-29-20-7-2-3-8-21(20)37-27/h2-9,11H,10,12-15H2,1H3,(H,28,33)(H,35,36)(H,29,31,34). The van der Waals surface area contributed by atoms with E-state index in [0.717, 1.165) is 21.3 Å². The quantitative estimate of drug-likeness (QED) is 0.341.